The molecule has 1 N–H and O–H groups in total. The molecule has 136 valence electrons. The average molecular weight is 348 g/mol. The Morgan fingerprint density at radius 1 is 1.40 bits per heavy atom. The summed E-state index contributed by atoms with van der Waals surface area (Å²) >= 11 is 0. The summed E-state index contributed by atoms with van der Waals surface area (Å²) in [5.41, 5.74) is -0.148. The fraction of sp³-hybridized carbons (Fsp3) is 0.556. The lowest BCUT2D eigenvalue weighted by atomic mass is 9.78. The van der Waals surface area contributed by atoms with Gasteiger partial charge in [0.2, 0.25) is 0 Å². The molecule has 0 spiro atoms. The van der Waals surface area contributed by atoms with Crippen molar-refractivity contribution in [1.82, 2.24) is 5.32 Å². The van der Waals surface area contributed by atoms with Gasteiger partial charge in [-0.3, -0.25) is 19.7 Å². The Labute approximate surface area is 146 Å². The van der Waals surface area contributed by atoms with Crippen LogP contribution in [0.15, 0.2) is 18.2 Å². The van der Waals surface area contributed by atoms with Gasteiger partial charge in [-0.05, 0) is 31.2 Å². The Hall–Kier alpha value is -2.44. The van der Waals surface area contributed by atoms with Crippen LogP contribution in [0.5, 0.6) is 5.75 Å². The molecule has 0 unspecified atom stereocenters. The van der Waals surface area contributed by atoms with Gasteiger partial charge in [-0.25, -0.2) is 0 Å². The second kappa shape index (κ2) is 8.09. The molecule has 0 radical (unpaired) electrons. The minimum Gasteiger partial charge on any atom is -0.480 e. The zero-order chi connectivity index (χ0) is 18.6. The first-order valence-corrected chi connectivity index (χ1v) is 8.54. The molecule has 1 aromatic rings. The molecular formula is C18H24N2O5. The quantitative estimate of drug-likeness (QED) is 0.484. The van der Waals surface area contributed by atoms with Crippen LogP contribution < -0.4 is 10.1 Å². The number of ether oxygens (including phenoxy) is 1. The molecule has 7 heteroatoms. The van der Waals surface area contributed by atoms with E-state index in [0.29, 0.717) is 18.1 Å². The van der Waals surface area contributed by atoms with Gasteiger partial charge in [0, 0.05) is 18.2 Å². The number of carbonyl (C=O) groups is 2. The number of benzene rings is 1. The van der Waals surface area contributed by atoms with Crippen molar-refractivity contribution in [2.24, 2.45) is 11.8 Å². The molecule has 1 aliphatic carbocycles. The zero-order valence-corrected chi connectivity index (χ0v) is 14.7. The fourth-order valence-electron chi connectivity index (χ4n) is 3.18. The summed E-state index contributed by atoms with van der Waals surface area (Å²) in [6, 6.07) is 3.84. The van der Waals surface area contributed by atoms with E-state index in [2.05, 4.69) is 19.2 Å². The smallest absolute Gasteiger partial charge is 0.270 e. The number of aldehydes is 1. The van der Waals surface area contributed by atoms with Crippen molar-refractivity contribution in [2.75, 3.05) is 0 Å². The number of carbonyl (C=O) groups excluding carboxylic acids is 2. The minimum atomic E-state index is -0.801. The fourth-order valence-corrected chi connectivity index (χ4v) is 3.18. The third-order valence-electron chi connectivity index (χ3n) is 5.04. The minimum absolute atomic E-state index is 0.0495. The predicted molar refractivity (Wildman–Crippen MR) is 92.7 cm³/mol. The summed E-state index contributed by atoms with van der Waals surface area (Å²) in [7, 11) is 0. The summed E-state index contributed by atoms with van der Waals surface area (Å²) in [6.45, 7) is 5.93. The number of nitro groups is 1. The number of rotatable bonds is 6. The second-order valence-corrected chi connectivity index (χ2v) is 6.74. The van der Waals surface area contributed by atoms with Crippen molar-refractivity contribution in [2.45, 2.75) is 52.2 Å². The van der Waals surface area contributed by atoms with Crippen molar-refractivity contribution in [3.05, 3.63) is 33.9 Å². The van der Waals surface area contributed by atoms with Crippen LogP contribution >= 0.6 is 0 Å². The Kier molecular flexibility index (Phi) is 6.12. The van der Waals surface area contributed by atoms with Crippen molar-refractivity contribution in [3.63, 3.8) is 0 Å². The molecule has 0 aromatic heterocycles. The Balaban J connectivity index is 2.03. The van der Waals surface area contributed by atoms with Gasteiger partial charge in [0.05, 0.1) is 10.5 Å². The van der Waals surface area contributed by atoms with Gasteiger partial charge in [0.1, 0.15) is 5.75 Å². The third-order valence-corrected chi connectivity index (χ3v) is 5.04. The number of nitro benzene ring substituents is 1. The standard InChI is InChI=1S/C18H24N2O5/c1-11-5-4-6-16(12(11)2)19-18(22)13(3)25-17-8-7-15(20(23)24)9-14(17)10-21/h7-13,16H,4-6H2,1-3H3,(H,19,22)/t11-,12-,13-,16-/m1/s1. The molecular weight excluding hydrogens is 324 g/mol. The number of hydrogen-bond donors (Lipinski definition) is 1. The van der Waals surface area contributed by atoms with Crippen LogP contribution in [0.25, 0.3) is 0 Å². The van der Waals surface area contributed by atoms with Crippen molar-refractivity contribution < 1.29 is 19.2 Å². The van der Waals surface area contributed by atoms with Gasteiger partial charge in [-0.2, -0.15) is 0 Å². The lowest BCUT2D eigenvalue weighted by Crippen LogP contribution is -2.48. The number of hydrogen-bond acceptors (Lipinski definition) is 5. The maximum Gasteiger partial charge on any atom is 0.270 e. The van der Waals surface area contributed by atoms with E-state index in [1.54, 1.807) is 6.92 Å². The van der Waals surface area contributed by atoms with Crippen LogP contribution in [-0.2, 0) is 4.79 Å². The zero-order valence-electron chi connectivity index (χ0n) is 14.7. The largest absolute Gasteiger partial charge is 0.480 e. The first kappa shape index (κ1) is 18.9. The molecule has 2 rings (SSSR count). The monoisotopic (exact) mass is 348 g/mol. The number of nitrogens with zero attached hydrogens (tertiary/aromatic N) is 1. The summed E-state index contributed by atoms with van der Waals surface area (Å²) in [4.78, 5) is 33.7. The maximum atomic E-state index is 12.4. The van der Waals surface area contributed by atoms with Crippen LogP contribution in [0.3, 0.4) is 0 Å². The van der Waals surface area contributed by atoms with Gasteiger partial charge >= 0.3 is 0 Å². The number of amides is 1. The van der Waals surface area contributed by atoms with E-state index in [9.17, 15) is 19.7 Å². The van der Waals surface area contributed by atoms with E-state index >= 15 is 0 Å². The molecule has 0 saturated heterocycles. The highest BCUT2D eigenvalue weighted by molar-refractivity contribution is 5.83. The summed E-state index contributed by atoms with van der Waals surface area (Å²) in [5.74, 6) is 0.871. The van der Waals surface area contributed by atoms with E-state index in [4.69, 9.17) is 4.74 Å². The Bertz CT molecular complexity index is 661. The van der Waals surface area contributed by atoms with Crippen LogP contribution in [0.2, 0.25) is 0 Å². The Morgan fingerprint density at radius 3 is 2.76 bits per heavy atom. The van der Waals surface area contributed by atoms with Gasteiger partial charge in [-0.1, -0.05) is 26.7 Å². The normalized spacial score (nSPS) is 24.2. The van der Waals surface area contributed by atoms with Gasteiger partial charge in [0.25, 0.3) is 11.6 Å². The van der Waals surface area contributed by atoms with E-state index < -0.39 is 11.0 Å². The van der Waals surface area contributed by atoms with E-state index in [-0.39, 0.29) is 28.9 Å². The van der Waals surface area contributed by atoms with E-state index in [0.717, 1.165) is 18.9 Å². The van der Waals surface area contributed by atoms with E-state index in [1.807, 2.05) is 0 Å². The molecule has 0 aliphatic heterocycles. The third kappa shape index (κ3) is 4.55. The summed E-state index contributed by atoms with van der Waals surface area (Å²) in [6.07, 6.45) is 2.89. The van der Waals surface area contributed by atoms with Crippen LogP contribution in [0.1, 0.15) is 50.4 Å². The van der Waals surface area contributed by atoms with Crippen molar-refractivity contribution >= 4 is 17.9 Å². The SMILES string of the molecule is C[C@@H]1[C@H](C)CCC[C@H]1NC(=O)[C@@H](C)Oc1ccc([N+](=O)[O-])cc1C=O. The highest BCUT2D eigenvalue weighted by atomic mass is 16.6. The molecule has 1 aromatic carbocycles. The van der Waals surface area contributed by atoms with Gasteiger partial charge in [0.15, 0.2) is 12.4 Å². The lowest BCUT2D eigenvalue weighted by Gasteiger charge is -2.35. The summed E-state index contributed by atoms with van der Waals surface area (Å²) < 4.78 is 5.57. The molecule has 1 aliphatic rings. The highest BCUT2D eigenvalue weighted by Gasteiger charge is 2.29. The van der Waals surface area contributed by atoms with Crippen molar-refractivity contribution in [1.29, 1.82) is 0 Å². The van der Waals surface area contributed by atoms with Crippen molar-refractivity contribution in [3.8, 4) is 5.75 Å². The first-order valence-electron chi connectivity index (χ1n) is 8.54. The molecule has 1 saturated carbocycles. The topological polar surface area (TPSA) is 98.5 Å². The molecule has 0 bridgehead atoms. The summed E-state index contributed by atoms with van der Waals surface area (Å²) in [5, 5.41) is 13.8. The molecule has 7 nitrogen and oxygen atoms in total. The molecule has 0 heterocycles. The second-order valence-electron chi connectivity index (χ2n) is 6.74. The Morgan fingerprint density at radius 2 is 2.12 bits per heavy atom. The molecule has 1 amide bonds. The van der Waals surface area contributed by atoms with Crippen LogP contribution in [0, 0.1) is 22.0 Å². The molecule has 1 fully saturated rings. The maximum absolute atomic E-state index is 12.4. The van der Waals surface area contributed by atoms with Crippen LogP contribution in [0.4, 0.5) is 5.69 Å². The van der Waals surface area contributed by atoms with Gasteiger partial charge in [-0.15, -0.1) is 0 Å². The average Bonchev–Trinajstić information content (AvgIpc) is 2.58. The number of non-ortho nitro benzene ring substituents is 1. The predicted octanol–water partition coefficient (Wildman–Crippen LogP) is 3.12. The molecule has 25 heavy (non-hydrogen) atoms. The highest BCUT2D eigenvalue weighted by Crippen LogP contribution is 2.29. The van der Waals surface area contributed by atoms with E-state index in [1.165, 1.54) is 18.6 Å². The van der Waals surface area contributed by atoms with Crippen LogP contribution in [-0.4, -0.2) is 29.3 Å². The first-order chi connectivity index (χ1) is 11.8. The molecule has 4 atom stereocenters. The number of nitrogens with one attached hydrogen (secondary N) is 1. The van der Waals surface area contributed by atoms with Gasteiger partial charge < -0.3 is 10.1 Å². The lowest BCUT2D eigenvalue weighted by molar-refractivity contribution is -0.384.